The van der Waals surface area contributed by atoms with Crippen molar-refractivity contribution in [3.8, 4) is 11.1 Å². The fourth-order valence-electron chi connectivity index (χ4n) is 3.34. The van der Waals surface area contributed by atoms with Gasteiger partial charge in [-0.1, -0.05) is 6.07 Å². The minimum absolute atomic E-state index is 0.0571. The molecule has 0 saturated carbocycles. The molecule has 1 atom stereocenters. The second-order valence-electron chi connectivity index (χ2n) is 6.07. The first-order chi connectivity index (χ1) is 11.8. The molecule has 25 heavy (non-hydrogen) atoms. The summed E-state index contributed by atoms with van der Waals surface area (Å²) in [6.07, 6.45) is 0.253. The number of carbonyl (C=O) groups is 1. The van der Waals surface area contributed by atoms with E-state index in [1.807, 2.05) is 0 Å². The van der Waals surface area contributed by atoms with Crippen molar-refractivity contribution in [1.29, 1.82) is 0 Å². The van der Waals surface area contributed by atoms with Crippen LogP contribution < -0.4 is 5.32 Å². The van der Waals surface area contributed by atoms with Gasteiger partial charge < -0.3 is 5.32 Å². The number of pyridine rings is 1. The van der Waals surface area contributed by atoms with E-state index in [1.54, 1.807) is 13.2 Å². The fraction of sp³-hybridized carbons (Fsp3) is 0.333. The molecule has 1 N–H and O–H groups in total. The van der Waals surface area contributed by atoms with E-state index < -0.39 is 17.6 Å². The highest BCUT2D eigenvalue weighted by Gasteiger charge is 2.34. The van der Waals surface area contributed by atoms with Crippen LogP contribution in [0.2, 0.25) is 0 Å². The molecule has 1 aromatic heterocycles. The van der Waals surface area contributed by atoms with Crippen molar-refractivity contribution in [2.75, 3.05) is 7.05 Å². The van der Waals surface area contributed by atoms with Gasteiger partial charge >= 0.3 is 6.18 Å². The second kappa shape index (κ2) is 6.46. The third-order valence-electron chi connectivity index (χ3n) is 4.54. The van der Waals surface area contributed by atoms with Gasteiger partial charge in [0.05, 0.1) is 5.56 Å². The molecule has 1 aromatic carbocycles. The number of benzene rings is 1. The maximum atomic E-state index is 13.9. The molecule has 7 heteroatoms. The van der Waals surface area contributed by atoms with Crippen molar-refractivity contribution in [2.24, 2.45) is 0 Å². The Morgan fingerprint density at radius 1 is 1.32 bits per heavy atom. The average Bonchev–Trinajstić information content (AvgIpc) is 2.96. The van der Waals surface area contributed by atoms with Crippen molar-refractivity contribution in [1.82, 2.24) is 10.3 Å². The van der Waals surface area contributed by atoms with Gasteiger partial charge in [0.2, 0.25) is 5.91 Å². The Labute approximate surface area is 142 Å². The van der Waals surface area contributed by atoms with E-state index in [2.05, 4.69) is 10.3 Å². The highest BCUT2D eigenvalue weighted by atomic mass is 19.4. The maximum absolute atomic E-state index is 13.9. The standard InChI is InChI=1S/C18H16F4N2O/c1-23-16(25)7-11-2-3-12-8-24-9-13(17(11)12)10-4-5-14(15(19)6-10)18(20,21)22/h4-6,8-9,11H,2-3,7H2,1H3,(H,23,25). The van der Waals surface area contributed by atoms with Crippen molar-refractivity contribution < 1.29 is 22.4 Å². The van der Waals surface area contributed by atoms with Crippen LogP contribution in [0.15, 0.2) is 30.6 Å². The van der Waals surface area contributed by atoms with Crippen LogP contribution in [0.1, 0.15) is 35.4 Å². The van der Waals surface area contributed by atoms with Crippen LogP contribution in [-0.2, 0) is 17.4 Å². The summed E-state index contributed by atoms with van der Waals surface area (Å²) in [7, 11) is 1.55. The van der Waals surface area contributed by atoms with Crippen LogP contribution in [0.4, 0.5) is 17.6 Å². The van der Waals surface area contributed by atoms with Gasteiger partial charge in [0.15, 0.2) is 0 Å². The molecule has 0 spiro atoms. The Bertz CT molecular complexity index is 817. The van der Waals surface area contributed by atoms with Gasteiger partial charge in [-0.25, -0.2) is 4.39 Å². The lowest BCUT2D eigenvalue weighted by atomic mass is 9.90. The number of fused-ring (bicyclic) bond motifs is 1. The Morgan fingerprint density at radius 3 is 2.72 bits per heavy atom. The highest BCUT2D eigenvalue weighted by Crippen LogP contribution is 2.42. The molecule has 3 nitrogen and oxygen atoms in total. The third kappa shape index (κ3) is 3.36. The number of carbonyl (C=O) groups excluding carboxylic acids is 1. The van der Waals surface area contributed by atoms with Crippen molar-refractivity contribution >= 4 is 5.91 Å². The van der Waals surface area contributed by atoms with Gasteiger partial charge in [-0.15, -0.1) is 0 Å². The number of nitrogens with one attached hydrogen (secondary N) is 1. The monoisotopic (exact) mass is 352 g/mol. The zero-order valence-electron chi connectivity index (χ0n) is 13.5. The lowest BCUT2D eigenvalue weighted by Crippen LogP contribution is -2.20. The Morgan fingerprint density at radius 2 is 2.08 bits per heavy atom. The maximum Gasteiger partial charge on any atom is 0.419 e. The number of rotatable bonds is 3. The smallest absolute Gasteiger partial charge is 0.359 e. The number of hydrogen-bond donors (Lipinski definition) is 1. The minimum atomic E-state index is -4.73. The van der Waals surface area contributed by atoms with Gasteiger partial charge in [-0.3, -0.25) is 9.78 Å². The van der Waals surface area contributed by atoms with E-state index in [1.165, 1.54) is 12.3 Å². The Balaban J connectivity index is 2.04. The molecule has 132 valence electrons. The number of halogens is 4. The average molecular weight is 352 g/mol. The second-order valence-corrected chi connectivity index (χ2v) is 6.07. The number of hydrogen-bond acceptors (Lipinski definition) is 2. The first-order valence-electron chi connectivity index (χ1n) is 7.85. The van der Waals surface area contributed by atoms with Crippen LogP contribution in [0, 0.1) is 5.82 Å². The van der Waals surface area contributed by atoms with E-state index >= 15 is 0 Å². The summed E-state index contributed by atoms with van der Waals surface area (Å²) in [6.45, 7) is 0. The number of aromatic nitrogens is 1. The van der Waals surface area contributed by atoms with Gasteiger partial charge in [0.1, 0.15) is 5.82 Å². The molecule has 0 fully saturated rings. The minimum Gasteiger partial charge on any atom is -0.359 e. The molecule has 0 saturated heterocycles. The molecule has 1 aliphatic rings. The summed E-state index contributed by atoms with van der Waals surface area (Å²) in [5.74, 6) is -1.49. The molecule has 1 unspecified atom stereocenters. The first kappa shape index (κ1) is 17.4. The number of aryl methyl sites for hydroxylation is 1. The van der Waals surface area contributed by atoms with Crippen molar-refractivity contribution in [3.63, 3.8) is 0 Å². The molecular weight excluding hydrogens is 336 g/mol. The van der Waals surface area contributed by atoms with E-state index in [4.69, 9.17) is 0 Å². The molecule has 1 heterocycles. The topological polar surface area (TPSA) is 42.0 Å². The first-order valence-corrected chi connectivity index (χ1v) is 7.85. The quantitative estimate of drug-likeness (QED) is 0.846. The fourth-order valence-corrected chi connectivity index (χ4v) is 3.34. The zero-order chi connectivity index (χ0) is 18.2. The van der Waals surface area contributed by atoms with Crippen LogP contribution in [-0.4, -0.2) is 17.9 Å². The summed E-state index contributed by atoms with van der Waals surface area (Å²) in [5, 5.41) is 2.58. The number of amides is 1. The van der Waals surface area contributed by atoms with Crippen LogP contribution in [0.3, 0.4) is 0 Å². The van der Waals surface area contributed by atoms with E-state index in [0.29, 0.717) is 11.1 Å². The lowest BCUT2D eigenvalue weighted by molar-refractivity contribution is -0.140. The molecule has 0 bridgehead atoms. The molecule has 0 aliphatic heterocycles. The lowest BCUT2D eigenvalue weighted by Gasteiger charge is -2.16. The number of nitrogens with zero attached hydrogens (tertiary/aromatic N) is 1. The third-order valence-corrected chi connectivity index (χ3v) is 4.54. The Hall–Kier alpha value is -2.44. The summed E-state index contributed by atoms with van der Waals surface area (Å²) in [6, 6.07) is 2.88. The molecule has 0 radical (unpaired) electrons. The van der Waals surface area contributed by atoms with Crippen molar-refractivity contribution in [3.05, 3.63) is 53.1 Å². The summed E-state index contributed by atoms with van der Waals surface area (Å²) in [4.78, 5) is 15.8. The van der Waals surface area contributed by atoms with Crippen molar-refractivity contribution in [2.45, 2.75) is 31.4 Å². The van der Waals surface area contributed by atoms with Crippen LogP contribution in [0.5, 0.6) is 0 Å². The van der Waals surface area contributed by atoms with E-state index in [9.17, 15) is 22.4 Å². The molecule has 1 amide bonds. The van der Waals surface area contributed by atoms with E-state index in [-0.39, 0.29) is 18.2 Å². The van der Waals surface area contributed by atoms with E-state index in [0.717, 1.165) is 36.1 Å². The summed E-state index contributed by atoms with van der Waals surface area (Å²) in [5.41, 5.74) is 1.44. The summed E-state index contributed by atoms with van der Waals surface area (Å²) >= 11 is 0. The molecular formula is C18H16F4N2O. The van der Waals surface area contributed by atoms with Crippen LogP contribution >= 0.6 is 0 Å². The van der Waals surface area contributed by atoms with Gasteiger partial charge in [-0.05, 0) is 47.6 Å². The van der Waals surface area contributed by atoms with Crippen LogP contribution in [0.25, 0.3) is 11.1 Å². The highest BCUT2D eigenvalue weighted by molar-refractivity contribution is 5.78. The van der Waals surface area contributed by atoms with Gasteiger partial charge in [0, 0.05) is 31.4 Å². The van der Waals surface area contributed by atoms with Gasteiger partial charge in [0.25, 0.3) is 0 Å². The largest absolute Gasteiger partial charge is 0.419 e. The Kier molecular flexibility index (Phi) is 4.49. The SMILES string of the molecule is CNC(=O)CC1CCc2cncc(-c3ccc(C(F)(F)F)c(F)c3)c21. The predicted molar refractivity (Wildman–Crippen MR) is 84.4 cm³/mol. The van der Waals surface area contributed by atoms with Gasteiger partial charge in [-0.2, -0.15) is 13.2 Å². The zero-order valence-corrected chi connectivity index (χ0v) is 13.5. The molecule has 2 aromatic rings. The molecule has 1 aliphatic carbocycles. The summed E-state index contributed by atoms with van der Waals surface area (Å²) < 4.78 is 52.2. The molecule has 3 rings (SSSR count). The number of alkyl halides is 3. The predicted octanol–water partition coefficient (Wildman–Crippen LogP) is 4.07. The normalized spacial score (nSPS) is 16.6.